The van der Waals surface area contributed by atoms with Gasteiger partial charge in [0.2, 0.25) is 5.65 Å². The molecule has 0 spiro atoms. The Labute approximate surface area is 130 Å². The van der Waals surface area contributed by atoms with Gasteiger partial charge in [0.25, 0.3) is 0 Å². The summed E-state index contributed by atoms with van der Waals surface area (Å²) < 4.78 is 40.4. The summed E-state index contributed by atoms with van der Waals surface area (Å²) in [7, 11) is 0. The molecule has 2 aromatic heterocycles. The Morgan fingerprint density at radius 1 is 1.13 bits per heavy atom. The Morgan fingerprint density at radius 3 is 2.65 bits per heavy atom. The molecular weight excluding hydrogens is 307 g/mol. The van der Waals surface area contributed by atoms with Crippen molar-refractivity contribution in [2.75, 3.05) is 5.32 Å². The van der Waals surface area contributed by atoms with E-state index in [0.29, 0.717) is 28.4 Å². The lowest BCUT2D eigenvalue weighted by Crippen LogP contribution is -2.08. The molecule has 120 valence electrons. The minimum Gasteiger partial charge on any atom is -0.363 e. The number of hydrogen-bond acceptors (Lipinski definition) is 4. The fourth-order valence-electron chi connectivity index (χ4n) is 2.38. The fourth-order valence-corrected chi connectivity index (χ4v) is 2.38. The van der Waals surface area contributed by atoms with Gasteiger partial charge in [0, 0.05) is 18.9 Å². The number of nitrogens with one attached hydrogen (secondary N) is 1. The molecule has 0 aliphatic rings. The number of halogens is 3. The van der Waals surface area contributed by atoms with E-state index in [4.69, 9.17) is 0 Å². The summed E-state index contributed by atoms with van der Waals surface area (Å²) in [6, 6.07) is 3.97. The third kappa shape index (κ3) is 3.10. The van der Waals surface area contributed by atoms with E-state index in [1.807, 2.05) is 0 Å². The van der Waals surface area contributed by atoms with Crippen LogP contribution in [0.25, 0.3) is 5.65 Å². The van der Waals surface area contributed by atoms with Crippen LogP contribution in [0.15, 0.2) is 30.6 Å². The Balaban J connectivity index is 1.87. The number of rotatable bonds is 3. The number of nitrogens with zero attached hydrogens (tertiary/aromatic N) is 4. The summed E-state index contributed by atoms with van der Waals surface area (Å²) >= 11 is 0. The first-order valence-corrected chi connectivity index (χ1v) is 6.92. The van der Waals surface area contributed by atoms with Crippen LogP contribution in [0.2, 0.25) is 0 Å². The second kappa shape index (κ2) is 5.53. The van der Waals surface area contributed by atoms with Crippen molar-refractivity contribution in [3.63, 3.8) is 0 Å². The summed E-state index contributed by atoms with van der Waals surface area (Å²) in [6.07, 6.45) is -1.05. The summed E-state index contributed by atoms with van der Waals surface area (Å²) in [5, 5.41) is 11.0. The van der Waals surface area contributed by atoms with Gasteiger partial charge in [-0.2, -0.15) is 13.2 Å². The van der Waals surface area contributed by atoms with Gasteiger partial charge < -0.3 is 5.32 Å². The van der Waals surface area contributed by atoms with E-state index < -0.39 is 11.7 Å². The molecule has 0 saturated heterocycles. The highest BCUT2D eigenvalue weighted by Crippen LogP contribution is 2.30. The molecule has 1 aromatic carbocycles. The third-order valence-corrected chi connectivity index (χ3v) is 3.42. The van der Waals surface area contributed by atoms with Gasteiger partial charge in [0.05, 0.1) is 5.56 Å². The van der Waals surface area contributed by atoms with Crippen LogP contribution in [0.3, 0.4) is 0 Å². The summed E-state index contributed by atoms with van der Waals surface area (Å²) in [5.41, 5.74) is 0.964. The Morgan fingerprint density at radius 2 is 1.91 bits per heavy atom. The van der Waals surface area contributed by atoms with E-state index in [1.165, 1.54) is 0 Å². The summed E-state index contributed by atoms with van der Waals surface area (Å²) in [5.74, 6) is 1.18. The molecule has 0 amide bonds. The lowest BCUT2D eigenvalue weighted by molar-refractivity contribution is -0.137. The Bertz CT molecular complexity index is 854. The van der Waals surface area contributed by atoms with Crippen LogP contribution in [0.1, 0.15) is 22.5 Å². The Kier molecular flexibility index (Phi) is 3.67. The van der Waals surface area contributed by atoms with Gasteiger partial charge in [-0.25, -0.2) is 4.98 Å². The maximum atomic E-state index is 12.9. The normalized spacial score (nSPS) is 11.9. The smallest absolute Gasteiger partial charge is 0.363 e. The Hall–Kier alpha value is -2.64. The standard InChI is InChI=1S/C15H14F3N5/c1-9-5-11(7-12(6-9)15(16,17)18)8-20-13-14-22-21-10(2)23(14)4-3-19-13/h3-7H,8H2,1-2H3,(H,19,20). The van der Waals surface area contributed by atoms with Crippen LogP contribution >= 0.6 is 0 Å². The monoisotopic (exact) mass is 321 g/mol. The van der Waals surface area contributed by atoms with Crippen LogP contribution in [-0.2, 0) is 12.7 Å². The molecule has 0 atom stereocenters. The van der Waals surface area contributed by atoms with Crippen molar-refractivity contribution in [2.45, 2.75) is 26.6 Å². The zero-order valence-electron chi connectivity index (χ0n) is 12.5. The molecule has 0 saturated carbocycles. The number of aromatic nitrogens is 4. The number of aryl methyl sites for hydroxylation is 2. The highest BCUT2D eigenvalue weighted by Gasteiger charge is 2.30. The first-order chi connectivity index (χ1) is 10.8. The molecule has 3 rings (SSSR count). The number of anilines is 1. The lowest BCUT2D eigenvalue weighted by atomic mass is 10.1. The lowest BCUT2D eigenvalue weighted by Gasteiger charge is -2.12. The molecule has 1 N–H and O–H groups in total. The number of alkyl halides is 3. The maximum Gasteiger partial charge on any atom is 0.416 e. The van der Waals surface area contributed by atoms with Crippen LogP contribution in [0, 0.1) is 13.8 Å². The number of hydrogen-bond donors (Lipinski definition) is 1. The van der Waals surface area contributed by atoms with E-state index in [9.17, 15) is 13.2 Å². The SMILES string of the molecule is Cc1cc(CNc2nccn3c(C)nnc23)cc(C(F)(F)F)c1. The second-order valence-corrected chi connectivity index (χ2v) is 5.28. The van der Waals surface area contributed by atoms with Crippen LogP contribution in [-0.4, -0.2) is 19.6 Å². The van der Waals surface area contributed by atoms with E-state index in [0.717, 1.165) is 12.1 Å². The summed E-state index contributed by atoms with van der Waals surface area (Å²) in [4.78, 5) is 4.17. The minimum atomic E-state index is -4.36. The molecule has 0 aliphatic carbocycles. The van der Waals surface area contributed by atoms with E-state index >= 15 is 0 Å². The fraction of sp³-hybridized carbons (Fsp3) is 0.267. The molecule has 8 heteroatoms. The number of benzene rings is 1. The number of fused-ring (bicyclic) bond motifs is 1. The van der Waals surface area contributed by atoms with Crippen molar-refractivity contribution in [1.29, 1.82) is 0 Å². The zero-order valence-corrected chi connectivity index (χ0v) is 12.5. The van der Waals surface area contributed by atoms with E-state index in [2.05, 4.69) is 20.5 Å². The molecule has 0 unspecified atom stereocenters. The average molecular weight is 321 g/mol. The van der Waals surface area contributed by atoms with Crippen molar-refractivity contribution < 1.29 is 13.2 Å². The van der Waals surface area contributed by atoms with Crippen molar-refractivity contribution in [3.8, 4) is 0 Å². The van der Waals surface area contributed by atoms with Gasteiger partial charge >= 0.3 is 6.18 Å². The van der Waals surface area contributed by atoms with Crippen molar-refractivity contribution >= 4 is 11.5 Å². The van der Waals surface area contributed by atoms with Gasteiger partial charge in [-0.15, -0.1) is 10.2 Å². The highest BCUT2D eigenvalue weighted by atomic mass is 19.4. The molecular formula is C15H14F3N5. The highest BCUT2D eigenvalue weighted by molar-refractivity contribution is 5.62. The van der Waals surface area contributed by atoms with Crippen molar-refractivity contribution in [2.24, 2.45) is 0 Å². The van der Waals surface area contributed by atoms with Gasteiger partial charge in [0.15, 0.2) is 5.82 Å². The van der Waals surface area contributed by atoms with Gasteiger partial charge in [-0.3, -0.25) is 4.40 Å². The van der Waals surface area contributed by atoms with Crippen molar-refractivity contribution in [1.82, 2.24) is 19.6 Å². The van der Waals surface area contributed by atoms with Crippen LogP contribution < -0.4 is 5.32 Å². The molecule has 23 heavy (non-hydrogen) atoms. The minimum absolute atomic E-state index is 0.212. The molecule has 5 nitrogen and oxygen atoms in total. The topological polar surface area (TPSA) is 55.1 Å². The quantitative estimate of drug-likeness (QED) is 0.803. The first kappa shape index (κ1) is 15.3. The summed E-state index contributed by atoms with van der Waals surface area (Å²) in [6.45, 7) is 3.66. The van der Waals surface area contributed by atoms with Crippen LogP contribution in [0.4, 0.5) is 19.0 Å². The van der Waals surface area contributed by atoms with Crippen LogP contribution in [0.5, 0.6) is 0 Å². The van der Waals surface area contributed by atoms with E-state index in [1.54, 1.807) is 36.7 Å². The molecule has 0 fully saturated rings. The molecule has 0 bridgehead atoms. The van der Waals surface area contributed by atoms with Gasteiger partial charge in [0.1, 0.15) is 5.82 Å². The second-order valence-electron chi connectivity index (χ2n) is 5.28. The van der Waals surface area contributed by atoms with Gasteiger partial charge in [-0.1, -0.05) is 11.6 Å². The molecule has 0 aliphatic heterocycles. The van der Waals surface area contributed by atoms with Gasteiger partial charge in [-0.05, 0) is 31.5 Å². The predicted octanol–water partition coefficient (Wildman–Crippen LogP) is 3.37. The van der Waals surface area contributed by atoms with E-state index in [-0.39, 0.29) is 6.54 Å². The first-order valence-electron chi connectivity index (χ1n) is 6.92. The van der Waals surface area contributed by atoms with Crippen molar-refractivity contribution in [3.05, 3.63) is 53.1 Å². The maximum absolute atomic E-state index is 12.9. The molecule has 2 heterocycles. The molecule has 0 radical (unpaired) electrons. The largest absolute Gasteiger partial charge is 0.416 e. The average Bonchev–Trinajstić information content (AvgIpc) is 2.86. The zero-order chi connectivity index (χ0) is 16.6. The molecule has 3 aromatic rings. The third-order valence-electron chi connectivity index (χ3n) is 3.42. The predicted molar refractivity (Wildman–Crippen MR) is 79.0 cm³/mol.